The van der Waals surface area contributed by atoms with E-state index in [1.54, 1.807) is 0 Å². The minimum atomic E-state index is 0.766. The summed E-state index contributed by atoms with van der Waals surface area (Å²) in [5, 5.41) is 5.30. The van der Waals surface area contributed by atoms with Gasteiger partial charge in [0.1, 0.15) is 5.82 Å². The van der Waals surface area contributed by atoms with E-state index in [1.165, 1.54) is 30.7 Å². The van der Waals surface area contributed by atoms with Gasteiger partial charge >= 0.3 is 0 Å². The van der Waals surface area contributed by atoms with Crippen molar-refractivity contribution >= 4 is 17.6 Å². The second-order valence-electron chi connectivity index (χ2n) is 5.30. The SMILES string of the molecule is CCCNc1cccc(SC2CCCC(C)C2)n1. The van der Waals surface area contributed by atoms with Crippen LogP contribution in [0.5, 0.6) is 0 Å². The van der Waals surface area contributed by atoms with Crippen molar-refractivity contribution in [1.82, 2.24) is 4.98 Å². The van der Waals surface area contributed by atoms with E-state index in [2.05, 4.69) is 42.3 Å². The molecule has 18 heavy (non-hydrogen) atoms. The number of thioether (sulfide) groups is 1. The van der Waals surface area contributed by atoms with Crippen LogP contribution in [0, 0.1) is 5.92 Å². The first-order valence-corrected chi connectivity index (χ1v) is 8.03. The zero-order chi connectivity index (χ0) is 12.8. The third-order valence-corrected chi connectivity index (χ3v) is 4.69. The summed E-state index contributed by atoms with van der Waals surface area (Å²) in [7, 11) is 0. The molecule has 0 spiro atoms. The average molecular weight is 264 g/mol. The van der Waals surface area contributed by atoms with Crippen molar-refractivity contribution in [2.24, 2.45) is 5.92 Å². The highest BCUT2D eigenvalue weighted by atomic mass is 32.2. The summed E-state index contributed by atoms with van der Waals surface area (Å²) in [5.74, 6) is 1.91. The van der Waals surface area contributed by atoms with Crippen LogP contribution in [-0.2, 0) is 0 Å². The third-order valence-electron chi connectivity index (χ3n) is 3.46. The molecule has 2 nitrogen and oxygen atoms in total. The molecule has 1 aliphatic carbocycles. The Morgan fingerprint density at radius 1 is 1.39 bits per heavy atom. The second kappa shape index (κ2) is 7.03. The molecular formula is C15H24N2S. The van der Waals surface area contributed by atoms with E-state index in [-0.39, 0.29) is 0 Å². The minimum absolute atomic E-state index is 0.766. The van der Waals surface area contributed by atoms with Crippen molar-refractivity contribution in [2.45, 2.75) is 56.2 Å². The first kappa shape index (κ1) is 13.7. The highest BCUT2D eigenvalue weighted by Crippen LogP contribution is 2.35. The van der Waals surface area contributed by atoms with Gasteiger partial charge in [-0.1, -0.05) is 32.8 Å². The maximum absolute atomic E-state index is 4.68. The maximum Gasteiger partial charge on any atom is 0.127 e. The predicted molar refractivity (Wildman–Crippen MR) is 80.3 cm³/mol. The molecule has 1 N–H and O–H groups in total. The zero-order valence-corrected chi connectivity index (χ0v) is 12.3. The smallest absolute Gasteiger partial charge is 0.127 e. The molecule has 1 heterocycles. The van der Waals surface area contributed by atoms with E-state index in [9.17, 15) is 0 Å². The molecule has 0 bridgehead atoms. The molecule has 2 unspecified atom stereocenters. The number of nitrogens with one attached hydrogen (secondary N) is 1. The molecule has 0 aromatic carbocycles. The molecule has 1 aromatic rings. The van der Waals surface area contributed by atoms with Crippen molar-refractivity contribution in [1.29, 1.82) is 0 Å². The molecule has 0 radical (unpaired) electrons. The lowest BCUT2D eigenvalue weighted by Gasteiger charge is -2.25. The van der Waals surface area contributed by atoms with Gasteiger partial charge in [0.05, 0.1) is 5.03 Å². The Hall–Kier alpha value is -0.700. The largest absolute Gasteiger partial charge is 0.370 e. The van der Waals surface area contributed by atoms with Gasteiger partial charge in [0.25, 0.3) is 0 Å². The number of aromatic nitrogens is 1. The monoisotopic (exact) mass is 264 g/mol. The molecule has 2 rings (SSSR count). The molecule has 0 aliphatic heterocycles. The molecule has 0 saturated heterocycles. The number of hydrogen-bond acceptors (Lipinski definition) is 3. The van der Waals surface area contributed by atoms with Crippen molar-refractivity contribution in [3.8, 4) is 0 Å². The lowest BCUT2D eigenvalue weighted by atomic mass is 9.91. The Labute approximate surface area is 115 Å². The van der Waals surface area contributed by atoms with Crippen molar-refractivity contribution in [2.75, 3.05) is 11.9 Å². The molecule has 2 atom stereocenters. The van der Waals surface area contributed by atoms with Crippen LogP contribution in [0.4, 0.5) is 5.82 Å². The van der Waals surface area contributed by atoms with Gasteiger partial charge in [0, 0.05) is 11.8 Å². The molecule has 0 amide bonds. The number of anilines is 1. The molecule has 1 fully saturated rings. The van der Waals surface area contributed by atoms with E-state index in [0.29, 0.717) is 0 Å². The summed E-state index contributed by atoms with van der Waals surface area (Å²) >= 11 is 1.96. The standard InChI is InChI=1S/C15H24N2S/c1-3-10-16-14-8-5-9-15(17-14)18-13-7-4-6-12(2)11-13/h5,8-9,12-13H,3-4,6-7,10-11H2,1-2H3,(H,16,17). The van der Waals surface area contributed by atoms with Gasteiger partial charge in [0.2, 0.25) is 0 Å². The van der Waals surface area contributed by atoms with Crippen LogP contribution in [0.1, 0.15) is 46.0 Å². The molecule has 1 aromatic heterocycles. The Bertz CT molecular complexity index is 367. The number of rotatable bonds is 5. The number of hydrogen-bond donors (Lipinski definition) is 1. The van der Waals surface area contributed by atoms with Gasteiger partial charge in [-0.25, -0.2) is 4.98 Å². The fraction of sp³-hybridized carbons (Fsp3) is 0.667. The number of nitrogens with zero attached hydrogens (tertiary/aromatic N) is 1. The normalized spacial score (nSPS) is 23.9. The van der Waals surface area contributed by atoms with Crippen LogP contribution in [0.2, 0.25) is 0 Å². The first-order chi connectivity index (χ1) is 8.78. The van der Waals surface area contributed by atoms with Gasteiger partial charge in [-0.2, -0.15) is 0 Å². The fourth-order valence-corrected chi connectivity index (χ4v) is 3.85. The maximum atomic E-state index is 4.68. The topological polar surface area (TPSA) is 24.9 Å². The minimum Gasteiger partial charge on any atom is -0.370 e. The van der Waals surface area contributed by atoms with Crippen molar-refractivity contribution < 1.29 is 0 Å². The van der Waals surface area contributed by atoms with Crippen LogP contribution in [0.15, 0.2) is 23.2 Å². The highest BCUT2D eigenvalue weighted by Gasteiger charge is 2.20. The molecule has 100 valence electrons. The van der Waals surface area contributed by atoms with Crippen molar-refractivity contribution in [3.63, 3.8) is 0 Å². The van der Waals surface area contributed by atoms with Gasteiger partial charge < -0.3 is 5.32 Å². The fourth-order valence-electron chi connectivity index (χ4n) is 2.49. The van der Waals surface area contributed by atoms with Gasteiger partial charge in [-0.05, 0) is 37.3 Å². The Morgan fingerprint density at radius 3 is 3.06 bits per heavy atom. The lowest BCUT2D eigenvalue weighted by molar-refractivity contribution is 0.394. The second-order valence-corrected chi connectivity index (χ2v) is 6.62. The number of pyridine rings is 1. The van der Waals surface area contributed by atoms with Crippen LogP contribution >= 0.6 is 11.8 Å². The van der Waals surface area contributed by atoms with E-state index >= 15 is 0 Å². The van der Waals surface area contributed by atoms with Crippen LogP contribution in [-0.4, -0.2) is 16.8 Å². The van der Waals surface area contributed by atoms with E-state index in [4.69, 9.17) is 0 Å². The predicted octanol–water partition coefficient (Wildman–Crippen LogP) is 4.57. The van der Waals surface area contributed by atoms with E-state index in [0.717, 1.165) is 30.0 Å². The third kappa shape index (κ3) is 4.20. The van der Waals surface area contributed by atoms with Gasteiger partial charge in [-0.15, -0.1) is 11.8 Å². The van der Waals surface area contributed by atoms with Gasteiger partial charge in [-0.3, -0.25) is 0 Å². The van der Waals surface area contributed by atoms with Crippen LogP contribution < -0.4 is 5.32 Å². The molecular weight excluding hydrogens is 240 g/mol. The van der Waals surface area contributed by atoms with Crippen molar-refractivity contribution in [3.05, 3.63) is 18.2 Å². The van der Waals surface area contributed by atoms with Gasteiger partial charge in [0.15, 0.2) is 0 Å². The molecule has 1 saturated carbocycles. The summed E-state index contributed by atoms with van der Waals surface area (Å²) < 4.78 is 0. The quantitative estimate of drug-likeness (QED) is 0.843. The Balaban J connectivity index is 1.91. The van der Waals surface area contributed by atoms with Crippen LogP contribution in [0.3, 0.4) is 0 Å². The van der Waals surface area contributed by atoms with Crippen LogP contribution in [0.25, 0.3) is 0 Å². The molecule has 3 heteroatoms. The zero-order valence-electron chi connectivity index (χ0n) is 11.5. The lowest BCUT2D eigenvalue weighted by Crippen LogP contribution is -2.15. The average Bonchev–Trinajstić information content (AvgIpc) is 2.37. The molecule has 1 aliphatic rings. The summed E-state index contributed by atoms with van der Waals surface area (Å²) in [6.07, 6.45) is 6.62. The Morgan fingerprint density at radius 2 is 2.28 bits per heavy atom. The van der Waals surface area contributed by atoms with E-state index < -0.39 is 0 Å². The van der Waals surface area contributed by atoms with E-state index in [1.807, 2.05) is 11.8 Å². The summed E-state index contributed by atoms with van der Waals surface area (Å²) in [6, 6.07) is 6.31. The summed E-state index contributed by atoms with van der Waals surface area (Å²) in [5.41, 5.74) is 0. The highest BCUT2D eigenvalue weighted by molar-refractivity contribution is 7.99. The Kier molecular flexibility index (Phi) is 5.36. The first-order valence-electron chi connectivity index (χ1n) is 7.15. The summed E-state index contributed by atoms with van der Waals surface area (Å²) in [4.78, 5) is 4.68. The summed E-state index contributed by atoms with van der Waals surface area (Å²) in [6.45, 7) is 5.55.